The van der Waals surface area contributed by atoms with E-state index in [4.69, 9.17) is 5.73 Å². The Balaban J connectivity index is 3.12. The lowest BCUT2D eigenvalue weighted by Gasteiger charge is -2.38. The van der Waals surface area contributed by atoms with E-state index in [1.165, 1.54) is 11.1 Å². The molecular formula is C16H28N2O. The molecule has 0 fully saturated rings. The molecule has 1 aromatic rings. The first-order valence-corrected chi connectivity index (χ1v) is 7.20. The summed E-state index contributed by atoms with van der Waals surface area (Å²) in [7, 11) is 0. The third kappa shape index (κ3) is 4.30. The van der Waals surface area contributed by atoms with Gasteiger partial charge in [-0.3, -0.25) is 4.90 Å². The van der Waals surface area contributed by atoms with Crippen LogP contribution in [0, 0.1) is 6.92 Å². The highest BCUT2D eigenvalue weighted by Gasteiger charge is 2.27. The van der Waals surface area contributed by atoms with Gasteiger partial charge in [0, 0.05) is 18.6 Å². The zero-order chi connectivity index (χ0) is 14.4. The summed E-state index contributed by atoms with van der Waals surface area (Å²) >= 11 is 0. The van der Waals surface area contributed by atoms with E-state index in [0.29, 0.717) is 12.6 Å². The molecule has 0 saturated heterocycles. The van der Waals surface area contributed by atoms with Gasteiger partial charge in [0.2, 0.25) is 0 Å². The maximum absolute atomic E-state index is 9.31. The molecule has 3 N–H and O–H groups in total. The van der Waals surface area contributed by atoms with Gasteiger partial charge in [0.25, 0.3) is 0 Å². The second-order valence-corrected chi connectivity index (χ2v) is 5.49. The van der Waals surface area contributed by atoms with Crippen molar-refractivity contribution in [2.75, 3.05) is 13.2 Å². The van der Waals surface area contributed by atoms with Gasteiger partial charge in [-0.05, 0) is 32.8 Å². The van der Waals surface area contributed by atoms with Crippen molar-refractivity contribution in [3.63, 3.8) is 0 Å². The van der Waals surface area contributed by atoms with Gasteiger partial charge >= 0.3 is 0 Å². The molecule has 3 nitrogen and oxygen atoms in total. The molecule has 0 aliphatic heterocycles. The standard InChI is InChI=1S/C16H28N2O/c1-5-15(17)16(18(9-10-19)12(2)3)14-8-6-7-13(4)11-14/h6-8,11-12,15-16,19H,5,9-10,17H2,1-4H3. The van der Waals surface area contributed by atoms with Crippen molar-refractivity contribution in [1.82, 2.24) is 4.90 Å². The molecule has 108 valence electrons. The minimum absolute atomic E-state index is 0.0794. The quantitative estimate of drug-likeness (QED) is 0.795. The number of aliphatic hydroxyl groups is 1. The van der Waals surface area contributed by atoms with E-state index in [0.717, 1.165) is 6.42 Å². The average molecular weight is 264 g/mol. The summed E-state index contributed by atoms with van der Waals surface area (Å²) < 4.78 is 0. The van der Waals surface area contributed by atoms with Gasteiger partial charge in [0.1, 0.15) is 0 Å². The molecule has 0 amide bonds. The number of aliphatic hydroxyl groups excluding tert-OH is 1. The molecule has 0 saturated carbocycles. The summed E-state index contributed by atoms with van der Waals surface area (Å²) in [6.45, 7) is 9.34. The summed E-state index contributed by atoms with van der Waals surface area (Å²) in [4.78, 5) is 2.29. The van der Waals surface area contributed by atoms with Gasteiger partial charge in [0.05, 0.1) is 12.6 Å². The number of benzene rings is 1. The predicted octanol–water partition coefficient (Wildman–Crippen LogP) is 2.48. The maximum Gasteiger partial charge on any atom is 0.0558 e. The minimum atomic E-state index is 0.0794. The van der Waals surface area contributed by atoms with Crippen LogP contribution < -0.4 is 5.73 Å². The van der Waals surface area contributed by atoms with Crippen molar-refractivity contribution in [1.29, 1.82) is 0 Å². The fourth-order valence-corrected chi connectivity index (χ4v) is 2.60. The molecule has 3 heteroatoms. The molecule has 2 atom stereocenters. The van der Waals surface area contributed by atoms with Gasteiger partial charge in [-0.15, -0.1) is 0 Å². The Kier molecular flexibility index (Phi) is 6.49. The van der Waals surface area contributed by atoms with Crippen LogP contribution in [0.1, 0.15) is 44.4 Å². The number of nitrogens with two attached hydrogens (primary N) is 1. The molecule has 0 aromatic heterocycles. The van der Waals surface area contributed by atoms with Crippen LogP contribution in [0.5, 0.6) is 0 Å². The van der Waals surface area contributed by atoms with Crippen LogP contribution in [0.15, 0.2) is 24.3 Å². The number of hydrogen-bond acceptors (Lipinski definition) is 3. The lowest BCUT2D eigenvalue weighted by molar-refractivity contribution is 0.101. The molecule has 0 aliphatic rings. The van der Waals surface area contributed by atoms with Crippen LogP contribution in [-0.2, 0) is 0 Å². The number of hydrogen-bond donors (Lipinski definition) is 2. The van der Waals surface area contributed by atoms with Crippen molar-refractivity contribution in [3.8, 4) is 0 Å². The van der Waals surface area contributed by atoms with Crippen molar-refractivity contribution < 1.29 is 5.11 Å². The van der Waals surface area contributed by atoms with Crippen LogP contribution >= 0.6 is 0 Å². The molecular weight excluding hydrogens is 236 g/mol. The Hall–Kier alpha value is -0.900. The molecule has 2 unspecified atom stereocenters. The Morgan fingerprint density at radius 1 is 1.32 bits per heavy atom. The summed E-state index contributed by atoms with van der Waals surface area (Å²) in [6, 6.07) is 9.12. The summed E-state index contributed by atoms with van der Waals surface area (Å²) in [5.41, 5.74) is 8.84. The smallest absolute Gasteiger partial charge is 0.0558 e. The zero-order valence-corrected chi connectivity index (χ0v) is 12.6. The fourth-order valence-electron chi connectivity index (χ4n) is 2.60. The van der Waals surface area contributed by atoms with E-state index in [-0.39, 0.29) is 18.7 Å². The van der Waals surface area contributed by atoms with Gasteiger partial charge in [0.15, 0.2) is 0 Å². The molecule has 0 heterocycles. The summed E-state index contributed by atoms with van der Waals surface area (Å²) in [5, 5.41) is 9.31. The van der Waals surface area contributed by atoms with Crippen molar-refractivity contribution >= 4 is 0 Å². The van der Waals surface area contributed by atoms with Crippen molar-refractivity contribution in [3.05, 3.63) is 35.4 Å². The molecule has 0 radical (unpaired) electrons. The van der Waals surface area contributed by atoms with Crippen LogP contribution in [0.25, 0.3) is 0 Å². The highest BCUT2D eigenvalue weighted by atomic mass is 16.3. The molecule has 19 heavy (non-hydrogen) atoms. The number of nitrogens with zero attached hydrogens (tertiary/aromatic N) is 1. The van der Waals surface area contributed by atoms with E-state index in [2.05, 4.69) is 56.9 Å². The molecule has 0 bridgehead atoms. The van der Waals surface area contributed by atoms with Gasteiger partial charge in [-0.1, -0.05) is 36.8 Å². The first kappa shape index (κ1) is 16.2. The largest absolute Gasteiger partial charge is 0.395 e. The zero-order valence-electron chi connectivity index (χ0n) is 12.6. The summed E-state index contributed by atoms with van der Waals surface area (Å²) in [5.74, 6) is 0. The van der Waals surface area contributed by atoms with Crippen LogP contribution in [-0.4, -0.2) is 35.2 Å². The molecule has 1 rings (SSSR count). The van der Waals surface area contributed by atoms with Gasteiger partial charge in [-0.2, -0.15) is 0 Å². The lowest BCUT2D eigenvalue weighted by atomic mass is 9.94. The first-order valence-electron chi connectivity index (χ1n) is 7.20. The normalized spacial score (nSPS) is 14.9. The van der Waals surface area contributed by atoms with E-state index in [1.54, 1.807) is 0 Å². The lowest BCUT2D eigenvalue weighted by Crippen LogP contribution is -2.45. The highest BCUT2D eigenvalue weighted by molar-refractivity contribution is 5.26. The second kappa shape index (κ2) is 7.63. The van der Waals surface area contributed by atoms with Crippen LogP contribution in [0.3, 0.4) is 0 Å². The first-order chi connectivity index (χ1) is 9.01. The Morgan fingerprint density at radius 3 is 2.47 bits per heavy atom. The number of rotatable bonds is 7. The van der Waals surface area contributed by atoms with E-state index in [9.17, 15) is 5.11 Å². The second-order valence-electron chi connectivity index (χ2n) is 5.49. The predicted molar refractivity (Wildman–Crippen MR) is 81.1 cm³/mol. The SMILES string of the molecule is CCC(N)C(c1cccc(C)c1)N(CCO)C(C)C. The van der Waals surface area contributed by atoms with Crippen molar-refractivity contribution in [2.45, 2.75) is 52.2 Å². The van der Waals surface area contributed by atoms with Gasteiger partial charge < -0.3 is 10.8 Å². The van der Waals surface area contributed by atoms with Crippen molar-refractivity contribution in [2.24, 2.45) is 5.73 Å². The highest BCUT2D eigenvalue weighted by Crippen LogP contribution is 2.27. The Morgan fingerprint density at radius 2 is 2.00 bits per heavy atom. The summed E-state index contributed by atoms with van der Waals surface area (Å²) in [6.07, 6.45) is 0.924. The molecule has 0 aliphatic carbocycles. The van der Waals surface area contributed by atoms with E-state index in [1.807, 2.05) is 0 Å². The average Bonchev–Trinajstić information content (AvgIpc) is 2.37. The van der Waals surface area contributed by atoms with E-state index >= 15 is 0 Å². The molecule has 0 spiro atoms. The van der Waals surface area contributed by atoms with Crippen LogP contribution in [0.2, 0.25) is 0 Å². The van der Waals surface area contributed by atoms with E-state index < -0.39 is 0 Å². The third-order valence-electron chi connectivity index (χ3n) is 3.64. The molecule has 1 aromatic carbocycles. The minimum Gasteiger partial charge on any atom is -0.395 e. The maximum atomic E-state index is 9.31. The third-order valence-corrected chi connectivity index (χ3v) is 3.64. The van der Waals surface area contributed by atoms with Crippen LogP contribution in [0.4, 0.5) is 0 Å². The fraction of sp³-hybridized carbons (Fsp3) is 0.625. The Labute approximate surface area is 117 Å². The Bertz CT molecular complexity index is 379. The topological polar surface area (TPSA) is 49.5 Å². The van der Waals surface area contributed by atoms with Gasteiger partial charge in [-0.25, -0.2) is 0 Å². The number of aryl methyl sites for hydroxylation is 1. The monoisotopic (exact) mass is 264 g/mol.